The van der Waals surface area contributed by atoms with Gasteiger partial charge in [0.1, 0.15) is 0 Å². The average Bonchev–Trinajstić information content (AvgIpc) is 3.24. The number of imidazole rings is 1. The molecule has 0 aliphatic carbocycles. The van der Waals surface area contributed by atoms with Crippen LogP contribution in [0.4, 0.5) is 5.95 Å². The van der Waals surface area contributed by atoms with Crippen molar-refractivity contribution in [3.05, 3.63) is 30.4 Å². The van der Waals surface area contributed by atoms with Gasteiger partial charge in [-0.3, -0.25) is 4.99 Å². The summed E-state index contributed by atoms with van der Waals surface area (Å²) in [6.45, 7) is 5.12. The molecular formula is C16H22N8S. The molecule has 2 aliphatic heterocycles. The molecule has 1 saturated heterocycles. The maximum atomic E-state index is 6.17. The number of aryl methyl sites for hydroxylation is 1. The summed E-state index contributed by atoms with van der Waals surface area (Å²) in [6, 6.07) is 1.83. The molecule has 2 aromatic heterocycles. The van der Waals surface area contributed by atoms with E-state index in [4.69, 9.17) is 5.73 Å². The summed E-state index contributed by atoms with van der Waals surface area (Å²) in [4.78, 5) is 22.1. The number of anilines is 1. The van der Waals surface area contributed by atoms with Crippen molar-refractivity contribution in [2.75, 3.05) is 43.4 Å². The molecule has 0 atom stereocenters. The number of aliphatic imine (C=N–C) groups is 1. The number of rotatable bonds is 4. The van der Waals surface area contributed by atoms with Gasteiger partial charge in [-0.05, 0) is 6.07 Å². The van der Waals surface area contributed by atoms with Crippen molar-refractivity contribution in [3.8, 4) is 0 Å². The van der Waals surface area contributed by atoms with Gasteiger partial charge in [-0.2, -0.15) is 0 Å². The number of fused-ring (bicyclic) bond motifs is 1. The number of hydrogen-bond acceptors (Lipinski definition) is 6. The molecule has 2 N–H and O–H groups in total. The van der Waals surface area contributed by atoms with E-state index in [1.807, 2.05) is 17.8 Å². The van der Waals surface area contributed by atoms with Gasteiger partial charge in [0, 0.05) is 70.0 Å². The first-order chi connectivity index (χ1) is 12.3. The molecule has 2 aliphatic rings. The Bertz CT molecular complexity index is 714. The Balaban J connectivity index is 1.26. The maximum absolute atomic E-state index is 6.17. The molecule has 0 unspecified atom stereocenters. The molecule has 2 aromatic rings. The van der Waals surface area contributed by atoms with E-state index in [-0.39, 0.29) is 0 Å². The van der Waals surface area contributed by atoms with E-state index in [1.54, 1.807) is 12.4 Å². The summed E-state index contributed by atoms with van der Waals surface area (Å²) in [6.07, 6.45) is 6.52. The van der Waals surface area contributed by atoms with E-state index in [0.717, 1.165) is 61.7 Å². The van der Waals surface area contributed by atoms with Crippen molar-refractivity contribution in [3.63, 3.8) is 0 Å². The molecule has 25 heavy (non-hydrogen) atoms. The zero-order chi connectivity index (χ0) is 17.1. The highest BCUT2D eigenvalue weighted by Gasteiger charge is 2.20. The molecule has 1 fully saturated rings. The van der Waals surface area contributed by atoms with E-state index in [0.29, 0.717) is 12.5 Å². The van der Waals surface area contributed by atoms with E-state index in [1.165, 1.54) is 0 Å². The Labute approximate surface area is 151 Å². The largest absolute Gasteiger partial charge is 0.370 e. The Morgan fingerprint density at radius 1 is 1.16 bits per heavy atom. The zero-order valence-corrected chi connectivity index (χ0v) is 14.9. The van der Waals surface area contributed by atoms with Crippen LogP contribution in [0.2, 0.25) is 0 Å². The Hall–Kier alpha value is -2.29. The van der Waals surface area contributed by atoms with Gasteiger partial charge >= 0.3 is 0 Å². The number of piperazine rings is 1. The minimum absolute atomic E-state index is 0.620. The summed E-state index contributed by atoms with van der Waals surface area (Å²) in [5, 5.41) is 1.13. The summed E-state index contributed by atoms with van der Waals surface area (Å²) in [5.74, 6) is 2.53. The third-order valence-corrected chi connectivity index (χ3v) is 5.40. The Morgan fingerprint density at radius 3 is 2.72 bits per heavy atom. The van der Waals surface area contributed by atoms with Crippen molar-refractivity contribution in [2.24, 2.45) is 10.7 Å². The van der Waals surface area contributed by atoms with Crippen LogP contribution < -0.4 is 10.6 Å². The van der Waals surface area contributed by atoms with Crippen molar-refractivity contribution >= 4 is 23.7 Å². The van der Waals surface area contributed by atoms with Crippen LogP contribution in [0.3, 0.4) is 0 Å². The second kappa shape index (κ2) is 7.30. The van der Waals surface area contributed by atoms with Gasteiger partial charge < -0.3 is 20.1 Å². The third-order valence-electron chi connectivity index (χ3n) is 4.43. The number of thioether (sulfide) groups is 1. The quantitative estimate of drug-likeness (QED) is 0.627. The van der Waals surface area contributed by atoms with E-state index in [9.17, 15) is 0 Å². The van der Waals surface area contributed by atoms with E-state index >= 15 is 0 Å². The van der Waals surface area contributed by atoms with Gasteiger partial charge in [-0.1, -0.05) is 11.8 Å². The second-order valence-electron chi connectivity index (χ2n) is 6.07. The highest BCUT2D eigenvalue weighted by atomic mass is 32.2. The fourth-order valence-corrected chi connectivity index (χ4v) is 4.02. The summed E-state index contributed by atoms with van der Waals surface area (Å²) < 4.78 is 2.22. The first-order valence-corrected chi connectivity index (χ1v) is 9.54. The van der Waals surface area contributed by atoms with Crippen LogP contribution in [0.25, 0.3) is 0 Å². The van der Waals surface area contributed by atoms with Gasteiger partial charge in [0.2, 0.25) is 5.95 Å². The number of nitrogens with two attached hydrogens (primary N) is 1. The molecule has 132 valence electrons. The molecule has 0 bridgehead atoms. The lowest BCUT2D eigenvalue weighted by atomic mass is 10.3. The lowest BCUT2D eigenvalue weighted by Gasteiger charge is -2.35. The van der Waals surface area contributed by atoms with Crippen LogP contribution in [-0.4, -0.2) is 68.9 Å². The number of nitrogens with zero attached hydrogens (tertiary/aromatic N) is 7. The summed E-state index contributed by atoms with van der Waals surface area (Å²) in [7, 11) is 0. The molecule has 9 heteroatoms. The predicted molar refractivity (Wildman–Crippen MR) is 99.0 cm³/mol. The average molecular weight is 358 g/mol. The molecule has 0 spiro atoms. The van der Waals surface area contributed by atoms with Gasteiger partial charge in [-0.25, -0.2) is 15.0 Å². The Kier molecular flexibility index (Phi) is 4.73. The van der Waals surface area contributed by atoms with Crippen LogP contribution in [0, 0.1) is 0 Å². The number of hydrogen-bond donors (Lipinski definition) is 1. The standard InChI is InChI=1S/C16H22N8S/c17-14(18-5-2-13-12-24-10-11-25-16(24)21-13)22-6-8-23(9-7-22)15-19-3-1-4-20-15/h1,3-4,12H,2,5-11H2,(H2,17,18). The van der Waals surface area contributed by atoms with Crippen molar-refractivity contribution in [1.82, 2.24) is 24.4 Å². The van der Waals surface area contributed by atoms with Crippen molar-refractivity contribution < 1.29 is 0 Å². The lowest BCUT2D eigenvalue weighted by molar-refractivity contribution is 0.378. The molecule has 8 nitrogen and oxygen atoms in total. The molecule has 4 rings (SSSR count). The Morgan fingerprint density at radius 2 is 1.96 bits per heavy atom. The predicted octanol–water partition coefficient (Wildman–Crippen LogP) is 0.458. The molecule has 0 amide bonds. The monoisotopic (exact) mass is 358 g/mol. The fraction of sp³-hybridized carbons (Fsp3) is 0.500. The first kappa shape index (κ1) is 16.2. The first-order valence-electron chi connectivity index (χ1n) is 8.55. The molecule has 4 heterocycles. The van der Waals surface area contributed by atoms with Crippen molar-refractivity contribution in [1.29, 1.82) is 0 Å². The normalized spacial score (nSPS) is 17.8. The molecule has 0 aromatic carbocycles. The van der Waals surface area contributed by atoms with Gasteiger partial charge in [0.25, 0.3) is 0 Å². The fourth-order valence-electron chi connectivity index (χ4n) is 3.06. The number of guanidine groups is 1. The minimum atomic E-state index is 0.620. The third kappa shape index (κ3) is 3.71. The summed E-state index contributed by atoms with van der Waals surface area (Å²) in [5.41, 5.74) is 7.27. The van der Waals surface area contributed by atoms with Crippen LogP contribution in [0.5, 0.6) is 0 Å². The van der Waals surface area contributed by atoms with Crippen LogP contribution in [0.1, 0.15) is 5.69 Å². The second-order valence-corrected chi connectivity index (χ2v) is 7.13. The van der Waals surface area contributed by atoms with Crippen LogP contribution >= 0.6 is 11.8 Å². The van der Waals surface area contributed by atoms with Gasteiger partial charge in [-0.15, -0.1) is 0 Å². The number of aromatic nitrogens is 4. The summed E-state index contributed by atoms with van der Waals surface area (Å²) >= 11 is 1.82. The van der Waals surface area contributed by atoms with Crippen LogP contribution in [0.15, 0.2) is 34.8 Å². The zero-order valence-electron chi connectivity index (χ0n) is 14.1. The maximum Gasteiger partial charge on any atom is 0.225 e. The highest BCUT2D eigenvalue weighted by molar-refractivity contribution is 7.99. The highest BCUT2D eigenvalue weighted by Crippen LogP contribution is 2.24. The lowest BCUT2D eigenvalue weighted by Crippen LogP contribution is -2.51. The van der Waals surface area contributed by atoms with Gasteiger partial charge in [0.05, 0.1) is 5.69 Å². The van der Waals surface area contributed by atoms with Crippen molar-refractivity contribution in [2.45, 2.75) is 18.1 Å². The molecule has 0 saturated carbocycles. The molecule has 0 radical (unpaired) electrons. The topological polar surface area (TPSA) is 88.5 Å². The van der Waals surface area contributed by atoms with Gasteiger partial charge in [0.15, 0.2) is 11.1 Å². The molecular weight excluding hydrogens is 336 g/mol. The van der Waals surface area contributed by atoms with Crippen LogP contribution in [-0.2, 0) is 13.0 Å². The smallest absolute Gasteiger partial charge is 0.225 e. The minimum Gasteiger partial charge on any atom is -0.370 e. The SMILES string of the molecule is NC(=NCCc1cn2c(n1)SCC2)N1CCN(c2ncccn2)CC1. The van der Waals surface area contributed by atoms with E-state index in [2.05, 4.69) is 40.5 Å². The van der Waals surface area contributed by atoms with E-state index < -0.39 is 0 Å².